The summed E-state index contributed by atoms with van der Waals surface area (Å²) in [5.74, 6) is 1.02. The quantitative estimate of drug-likeness (QED) is 0.678. The van der Waals surface area contributed by atoms with E-state index in [0.29, 0.717) is 11.8 Å². The summed E-state index contributed by atoms with van der Waals surface area (Å²) in [6, 6.07) is 4.92. The maximum absolute atomic E-state index is 10.7. The number of non-ortho nitro benzene ring substituents is 1. The minimum atomic E-state index is -0.384. The molecule has 1 saturated heterocycles. The van der Waals surface area contributed by atoms with E-state index in [0.717, 1.165) is 42.5 Å². The Balaban J connectivity index is 1.68. The van der Waals surface area contributed by atoms with Crippen LogP contribution in [0.3, 0.4) is 0 Å². The van der Waals surface area contributed by atoms with E-state index in [1.165, 1.54) is 0 Å². The largest absolute Gasteiger partial charge is 0.393 e. The summed E-state index contributed by atoms with van der Waals surface area (Å²) < 4.78 is 0.782. The zero-order valence-corrected chi connectivity index (χ0v) is 12.6. The van der Waals surface area contributed by atoms with E-state index in [2.05, 4.69) is 20.8 Å². The molecule has 1 aliphatic carbocycles. The zero-order valence-electron chi connectivity index (χ0n) is 11.0. The monoisotopic (exact) mass is 340 g/mol. The van der Waals surface area contributed by atoms with Gasteiger partial charge in [-0.3, -0.25) is 15.0 Å². The predicted octanol–water partition coefficient (Wildman–Crippen LogP) is 2.56. The number of nitro groups is 1. The lowest BCUT2D eigenvalue weighted by Crippen LogP contribution is -2.24. The molecule has 0 bridgehead atoms. The second kappa shape index (κ2) is 5.42. The van der Waals surface area contributed by atoms with E-state index >= 15 is 0 Å². The molecule has 0 amide bonds. The molecule has 1 N–H and O–H groups in total. The maximum Gasteiger partial charge on any atom is 0.270 e. The van der Waals surface area contributed by atoms with E-state index in [1.54, 1.807) is 12.1 Å². The summed E-state index contributed by atoms with van der Waals surface area (Å²) in [6.45, 7) is 2.72. The van der Waals surface area contributed by atoms with Gasteiger partial charge in [0.25, 0.3) is 5.69 Å². The lowest BCUT2D eigenvalue weighted by Gasteiger charge is -2.18. The van der Waals surface area contributed by atoms with Crippen LogP contribution >= 0.6 is 15.9 Å². The molecule has 108 valence electrons. The van der Waals surface area contributed by atoms with Crippen LogP contribution in [0.25, 0.3) is 0 Å². The van der Waals surface area contributed by atoms with Crippen LogP contribution in [-0.2, 0) is 6.54 Å². The van der Waals surface area contributed by atoms with Crippen molar-refractivity contribution < 1.29 is 10.0 Å². The van der Waals surface area contributed by atoms with Gasteiger partial charge in [-0.15, -0.1) is 0 Å². The molecule has 1 aromatic carbocycles. The molecular formula is C14H17BrN2O3. The first-order valence-electron chi connectivity index (χ1n) is 6.88. The number of benzene rings is 1. The van der Waals surface area contributed by atoms with Crippen LogP contribution in [0, 0.1) is 22.0 Å². The summed E-state index contributed by atoms with van der Waals surface area (Å²) in [5.41, 5.74) is 1.17. The molecule has 6 heteroatoms. The Bertz CT molecular complexity index is 537. The SMILES string of the molecule is O=[N+]([O-])c1ccc(CN2CC3CCC(O)C3C2)c(Br)c1. The average molecular weight is 341 g/mol. The molecule has 0 radical (unpaired) electrons. The van der Waals surface area contributed by atoms with Gasteiger partial charge < -0.3 is 5.11 Å². The fourth-order valence-electron chi connectivity index (χ4n) is 3.48. The minimum Gasteiger partial charge on any atom is -0.393 e. The van der Waals surface area contributed by atoms with Gasteiger partial charge in [0.2, 0.25) is 0 Å². The highest BCUT2D eigenvalue weighted by molar-refractivity contribution is 9.10. The van der Waals surface area contributed by atoms with Crippen molar-refractivity contribution in [3.63, 3.8) is 0 Å². The van der Waals surface area contributed by atoms with Crippen LogP contribution in [-0.4, -0.2) is 34.1 Å². The minimum absolute atomic E-state index is 0.106. The molecule has 20 heavy (non-hydrogen) atoms. The van der Waals surface area contributed by atoms with E-state index in [-0.39, 0.29) is 16.7 Å². The first kappa shape index (κ1) is 14.0. The number of halogens is 1. The Morgan fingerprint density at radius 2 is 2.20 bits per heavy atom. The summed E-state index contributed by atoms with van der Waals surface area (Å²) >= 11 is 3.42. The Morgan fingerprint density at radius 1 is 1.40 bits per heavy atom. The van der Waals surface area contributed by atoms with Gasteiger partial charge in [0, 0.05) is 42.2 Å². The second-order valence-electron chi connectivity index (χ2n) is 5.80. The van der Waals surface area contributed by atoms with Crippen molar-refractivity contribution in [2.75, 3.05) is 13.1 Å². The molecule has 5 nitrogen and oxygen atoms in total. The normalized spacial score (nSPS) is 29.6. The highest BCUT2D eigenvalue weighted by atomic mass is 79.9. The van der Waals surface area contributed by atoms with Gasteiger partial charge >= 0.3 is 0 Å². The predicted molar refractivity (Wildman–Crippen MR) is 78.3 cm³/mol. The molecule has 3 atom stereocenters. The molecule has 1 saturated carbocycles. The molecule has 1 heterocycles. The van der Waals surface area contributed by atoms with Crippen LogP contribution in [0.1, 0.15) is 18.4 Å². The first-order valence-corrected chi connectivity index (χ1v) is 7.67. The molecule has 1 aliphatic heterocycles. The number of nitro benzene ring substituents is 1. The molecule has 3 rings (SSSR count). The smallest absolute Gasteiger partial charge is 0.270 e. The number of fused-ring (bicyclic) bond motifs is 1. The standard InChI is InChI=1S/C14H17BrN2O3/c15-13-5-11(17(19)20)3-1-10(13)7-16-6-9-2-4-14(18)12(9)8-16/h1,3,5,9,12,14,18H,2,4,6-8H2. The summed E-state index contributed by atoms with van der Waals surface area (Å²) in [5, 5.41) is 20.6. The van der Waals surface area contributed by atoms with Gasteiger partial charge in [-0.25, -0.2) is 0 Å². The molecule has 0 aromatic heterocycles. The van der Waals surface area contributed by atoms with Crippen molar-refractivity contribution in [1.82, 2.24) is 4.90 Å². The van der Waals surface area contributed by atoms with Gasteiger partial charge in [0.1, 0.15) is 0 Å². The van der Waals surface area contributed by atoms with Gasteiger partial charge in [0.05, 0.1) is 11.0 Å². The fraction of sp³-hybridized carbons (Fsp3) is 0.571. The topological polar surface area (TPSA) is 66.6 Å². The third-order valence-corrected chi connectivity index (χ3v) is 5.27. The number of aliphatic hydroxyl groups excluding tert-OH is 1. The number of rotatable bonds is 3. The number of aliphatic hydroxyl groups is 1. The van der Waals surface area contributed by atoms with Crippen LogP contribution in [0.5, 0.6) is 0 Å². The van der Waals surface area contributed by atoms with Gasteiger partial charge in [0.15, 0.2) is 0 Å². The Morgan fingerprint density at radius 3 is 2.85 bits per heavy atom. The molecule has 3 unspecified atom stereocenters. The third kappa shape index (κ3) is 2.60. The average Bonchev–Trinajstić information content (AvgIpc) is 2.94. The highest BCUT2D eigenvalue weighted by Crippen LogP contribution is 2.39. The second-order valence-corrected chi connectivity index (χ2v) is 6.65. The Kier molecular flexibility index (Phi) is 3.79. The molecule has 2 aliphatic rings. The number of likely N-dealkylation sites (tertiary alicyclic amines) is 1. The summed E-state index contributed by atoms with van der Waals surface area (Å²) in [6.07, 6.45) is 1.90. The third-order valence-electron chi connectivity index (χ3n) is 4.54. The van der Waals surface area contributed by atoms with Crippen molar-refractivity contribution in [1.29, 1.82) is 0 Å². The lowest BCUT2D eigenvalue weighted by atomic mass is 10.00. The van der Waals surface area contributed by atoms with Crippen LogP contribution in [0.2, 0.25) is 0 Å². The highest BCUT2D eigenvalue weighted by Gasteiger charge is 2.41. The summed E-state index contributed by atoms with van der Waals surface area (Å²) in [4.78, 5) is 12.7. The number of hydrogen-bond donors (Lipinski definition) is 1. The number of nitrogens with zero attached hydrogens (tertiary/aromatic N) is 2. The molecular weight excluding hydrogens is 324 g/mol. The molecule has 0 spiro atoms. The molecule has 2 fully saturated rings. The van der Waals surface area contributed by atoms with Gasteiger partial charge in [-0.05, 0) is 30.4 Å². The van der Waals surface area contributed by atoms with Crippen molar-refractivity contribution in [3.8, 4) is 0 Å². The van der Waals surface area contributed by atoms with Crippen LogP contribution in [0.15, 0.2) is 22.7 Å². The Hall–Kier alpha value is -0.980. The van der Waals surface area contributed by atoms with Crippen molar-refractivity contribution in [2.24, 2.45) is 11.8 Å². The molecule has 1 aromatic rings. The Labute approximate surface area is 125 Å². The zero-order chi connectivity index (χ0) is 14.3. The van der Waals surface area contributed by atoms with E-state index in [4.69, 9.17) is 0 Å². The summed E-state index contributed by atoms with van der Waals surface area (Å²) in [7, 11) is 0. The van der Waals surface area contributed by atoms with Crippen LogP contribution < -0.4 is 0 Å². The maximum atomic E-state index is 10.7. The van der Waals surface area contributed by atoms with Crippen LogP contribution in [0.4, 0.5) is 5.69 Å². The van der Waals surface area contributed by atoms with Crippen molar-refractivity contribution in [2.45, 2.75) is 25.5 Å². The number of hydrogen-bond acceptors (Lipinski definition) is 4. The van der Waals surface area contributed by atoms with Crippen molar-refractivity contribution >= 4 is 21.6 Å². The van der Waals surface area contributed by atoms with E-state index in [1.807, 2.05) is 6.07 Å². The van der Waals surface area contributed by atoms with E-state index in [9.17, 15) is 15.2 Å². The van der Waals surface area contributed by atoms with Gasteiger partial charge in [-0.1, -0.05) is 15.9 Å². The lowest BCUT2D eigenvalue weighted by molar-refractivity contribution is -0.384. The fourth-order valence-corrected chi connectivity index (χ4v) is 3.97. The first-order chi connectivity index (χ1) is 9.54. The van der Waals surface area contributed by atoms with Crippen molar-refractivity contribution in [3.05, 3.63) is 38.3 Å². The van der Waals surface area contributed by atoms with E-state index < -0.39 is 0 Å². The van der Waals surface area contributed by atoms with Gasteiger partial charge in [-0.2, -0.15) is 0 Å².